The Morgan fingerprint density at radius 3 is 2.60 bits per heavy atom. The maximum atomic E-state index is 10.5. The molecule has 0 aliphatic rings. The molecule has 0 spiro atoms. The quantitative estimate of drug-likeness (QED) is 0.396. The minimum atomic E-state index is -1.07. The zero-order chi connectivity index (χ0) is 8.15. The molecule has 0 aliphatic heterocycles. The maximum absolute atomic E-state index is 10.5. The molecule has 0 saturated heterocycles. The summed E-state index contributed by atoms with van der Waals surface area (Å²) < 4.78 is 0. The van der Waals surface area contributed by atoms with Gasteiger partial charge < -0.3 is 10.8 Å². The summed E-state index contributed by atoms with van der Waals surface area (Å²) in [6.45, 7) is 1.36. The van der Waals surface area contributed by atoms with Crippen LogP contribution in [0.25, 0.3) is 0 Å². The van der Waals surface area contributed by atoms with Gasteiger partial charge in [-0.05, 0) is 6.92 Å². The highest BCUT2D eigenvalue weighted by atomic mass is 16.3. The Labute approximate surface area is 58.2 Å². The molecule has 0 rings (SSSR count). The van der Waals surface area contributed by atoms with Crippen molar-refractivity contribution in [1.29, 1.82) is 0 Å². The van der Waals surface area contributed by atoms with Crippen molar-refractivity contribution in [3.63, 3.8) is 0 Å². The third-order valence-corrected chi connectivity index (χ3v) is 0.997. The number of hydrogen-bond donors (Lipinski definition) is 3. The molecule has 57 valence electrons. The van der Waals surface area contributed by atoms with Gasteiger partial charge in [-0.25, -0.2) is 0 Å². The van der Waals surface area contributed by atoms with Gasteiger partial charge in [-0.3, -0.25) is 14.9 Å². The van der Waals surface area contributed by atoms with Gasteiger partial charge in [-0.15, -0.1) is 0 Å². The maximum Gasteiger partial charge on any atom is 0.316 e. The lowest BCUT2D eigenvalue weighted by Crippen LogP contribution is -2.46. The minimum absolute atomic E-state index is 0.731. The first kappa shape index (κ1) is 9.06. The molecule has 2 amide bonds. The first-order valence-electron chi connectivity index (χ1n) is 2.70. The smallest absolute Gasteiger partial charge is 0.316 e. The van der Waals surface area contributed by atoms with Crippen LogP contribution in [0.2, 0.25) is 0 Å². The SMILES string of the molecule is CC(O)C(N)C(=O)N[C]=O. The van der Waals surface area contributed by atoms with Crippen molar-refractivity contribution in [2.75, 3.05) is 0 Å². The molecule has 4 N–H and O–H groups in total. The molecule has 0 aromatic carbocycles. The van der Waals surface area contributed by atoms with Crippen molar-refractivity contribution < 1.29 is 14.7 Å². The van der Waals surface area contributed by atoms with Crippen molar-refractivity contribution in [3.05, 3.63) is 0 Å². The Bertz CT molecular complexity index is 135. The van der Waals surface area contributed by atoms with E-state index in [1.807, 2.05) is 0 Å². The van der Waals surface area contributed by atoms with E-state index in [9.17, 15) is 9.59 Å². The van der Waals surface area contributed by atoms with Crippen LogP contribution < -0.4 is 11.1 Å². The molecule has 0 heterocycles. The Balaban J connectivity index is 3.81. The Morgan fingerprint density at radius 1 is 1.80 bits per heavy atom. The number of hydrogen-bond acceptors (Lipinski definition) is 4. The lowest BCUT2D eigenvalue weighted by atomic mass is 10.2. The van der Waals surface area contributed by atoms with Crippen molar-refractivity contribution in [2.45, 2.75) is 19.1 Å². The molecular weight excluding hydrogens is 136 g/mol. The second-order valence-electron chi connectivity index (χ2n) is 1.86. The highest BCUT2D eigenvalue weighted by molar-refractivity contribution is 5.90. The van der Waals surface area contributed by atoms with Gasteiger partial charge in [-0.2, -0.15) is 0 Å². The molecule has 0 bridgehead atoms. The average Bonchev–Trinajstić information content (AvgIpc) is 1.87. The lowest BCUT2D eigenvalue weighted by Gasteiger charge is -2.10. The van der Waals surface area contributed by atoms with Gasteiger partial charge in [0, 0.05) is 0 Å². The predicted molar refractivity (Wildman–Crippen MR) is 33.5 cm³/mol. The molecule has 0 fully saturated rings. The first-order valence-corrected chi connectivity index (χ1v) is 2.70. The van der Waals surface area contributed by atoms with E-state index in [1.54, 1.807) is 5.32 Å². The van der Waals surface area contributed by atoms with Crippen LogP contribution in [-0.2, 0) is 9.59 Å². The van der Waals surface area contributed by atoms with E-state index in [4.69, 9.17) is 10.8 Å². The molecule has 10 heavy (non-hydrogen) atoms. The third kappa shape index (κ3) is 2.56. The summed E-state index contributed by atoms with van der Waals surface area (Å²) in [7, 11) is 0. The number of rotatable bonds is 3. The summed E-state index contributed by atoms with van der Waals surface area (Å²) in [4.78, 5) is 20.1. The van der Waals surface area contributed by atoms with Crippen molar-refractivity contribution >= 4 is 12.3 Å². The van der Waals surface area contributed by atoms with Gasteiger partial charge in [0.2, 0.25) is 5.91 Å². The van der Waals surface area contributed by atoms with Gasteiger partial charge in [0.1, 0.15) is 6.04 Å². The number of nitrogens with two attached hydrogens (primary N) is 1. The summed E-state index contributed by atoms with van der Waals surface area (Å²) in [6.07, 6.45) is 0.198. The summed E-state index contributed by atoms with van der Waals surface area (Å²) in [6, 6.07) is -1.07. The number of aliphatic hydroxyl groups excluding tert-OH is 1. The number of amides is 2. The second-order valence-corrected chi connectivity index (χ2v) is 1.86. The molecule has 0 aromatic heterocycles. The van der Waals surface area contributed by atoms with Crippen LogP contribution in [0.1, 0.15) is 6.92 Å². The lowest BCUT2D eigenvalue weighted by molar-refractivity contribution is -0.123. The second kappa shape index (κ2) is 3.97. The van der Waals surface area contributed by atoms with Crippen molar-refractivity contribution in [3.8, 4) is 0 Å². The zero-order valence-electron chi connectivity index (χ0n) is 5.50. The molecule has 5 nitrogen and oxygen atoms in total. The number of nitrogens with one attached hydrogen (secondary N) is 1. The van der Waals surface area contributed by atoms with Crippen LogP contribution in [0.5, 0.6) is 0 Å². The molecule has 0 aromatic rings. The average molecular weight is 145 g/mol. The predicted octanol–water partition coefficient (Wildman–Crippen LogP) is -2.12. The van der Waals surface area contributed by atoms with Crippen molar-refractivity contribution in [2.24, 2.45) is 5.73 Å². The number of carbonyl (C=O) groups excluding carboxylic acids is 2. The van der Waals surface area contributed by atoms with E-state index >= 15 is 0 Å². The number of aliphatic hydroxyl groups is 1. The van der Waals surface area contributed by atoms with E-state index < -0.39 is 18.1 Å². The van der Waals surface area contributed by atoms with E-state index in [2.05, 4.69) is 0 Å². The highest BCUT2D eigenvalue weighted by Crippen LogP contribution is 1.86. The number of carbonyl (C=O) groups is 1. The fraction of sp³-hybridized carbons (Fsp3) is 0.600. The molecule has 0 saturated carbocycles. The fourth-order valence-electron chi connectivity index (χ4n) is 0.353. The largest absolute Gasteiger partial charge is 0.391 e. The van der Waals surface area contributed by atoms with Gasteiger partial charge in [0.15, 0.2) is 0 Å². The van der Waals surface area contributed by atoms with E-state index in [1.165, 1.54) is 6.92 Å². The standard InChI is InChI=1S/C5H9N2O3/c1-3(9)4(6)5(10)7-2-8/h3-4,9H,6H2,1H3,(H,7,8,10). The molecular formula is C5H9N2O3. The van der Waals surface area contributed by atoms with Crippen LogP contribution in [0.3, 0.4) is 0 Å². The zero-order valence-corrected chi connectivity index (χ0v) is 5.50. The monoisotopic (exact) mass is 145 g/mol. The van der Waals surface area contributed by atoms with E-state index in [-0.39, 0.29) is 0 Å². The Kier molecular flexibility index (Phi) is 3.60. The van der Waals surface area contributed by atoms with Gasteiger partial charge in [-0.1, -0.05) is 0 Å². The topological polar surface area (TPSA) is 92.4 Å². The van der Waals surface area contributed by atoms with E-state index in [0.717, 1.165) is 6.41 Å². The summed E-state index contributed by atoms with van der Waals surface area (Å²) in [5, 5.41) is 10.4. The van der Waals surface area contributed by atoms with E-state index in [0.29, 0.717) is 0 Å². The van der Waals surface area contributed by atoms with Crippen molar-refractivity contribution in [1.82, 2.24) is 5.32 Å². The summed E-state index contributed by atoms with van der Waals surface area (Å²) >= 11 is 0. The molecule has 0 aliphatic carbocycles. The van der Waals surface area contributed by atoms with Gasteiger partial charge in [0.05, 0.1) is 6.10 Å². The van der Waals surface area contributed by atoms with Crippen LogP contribution in [-0.4, -0.2) is 29.6 Å². The molecule has 1 radical (unpaired) electrons. The Morgan fingerprint density at radius 2 is 2.30 bits per heavy atom. The normalized spacial score (nSPS) is 15.5. The first-order chi connectivity index (χ1) is 4.59. The van der Waals surface area contributed by atoms with Crippen LogP contribution >= 0.6 is 0 Å². The van der Waals surface area contributed by atoms with Gasteiger partial charge in [0.25, 0.3) is 0 Å². The third-order valence-electron chi connectivity index (χ3n) is 0.997. The summed E-state index contributed by atoms with van der Waals surface area (Å²) in [5.41, 5.74) is 5.11. The Hall–Kier alpha value is -0.940. The molecule has 2 unspecified atom stereocenters. The molecule has 2 atom stereocenters. The van der Waals surface area contributed by atoms with Crippen LogP contribution in [0.15, 0.2) is 0 Å². The fourth-order valence-corrected chi connectivity index (χ4v) is 0.353. The summed E-state index contributed by atoms with van der Waals surface area (Å²) in [5.74, 6) is -0.731. The van der Waals surface area contributed by atoms with Crippen LogP contribution in [0.4, 0.5) is 0 Å². The number of imide groups is 1. The van der Waals surface area contributed by atoms with Crippen LogP contribution in [0, 0.1) is 0 Å². The minimum Gasteiger partial charge on any atom is -0.391 e. The highest BCUT2D eigenvalue weighted by Gasteiger charge is 2.17. The van der Waals surface area contributed by atoms with Gasteiger partial charge >= 0.3 is 6.41 Å². The molecule has 5 heteroatoms.